The zero-order valence-electron chi connectivity index (χ0n) is 20.9. The predicted octanol–water partition coefficient (Wildman–Crippen LogP) is 5.99. The third kappa shape index (κ3) is 5.01. The normalized spacial score (nSPS) is 30.9. The summed E-state index contributed by atoms with van der Waals surface area (Å²) in [7, 11) is 0. The van der Waals surface area contributed by atoms with E-state index in [0.29, 0.717) is 18.8 Å². The van der Waals surface area contributed by atoms with E-state index in [1.165, 1.54) is 5.57 Å². The lowest BCUT2D eigenvalue weighted by molar-refractivity contribution is -0.191. The first kappa shape index (κ1) is 23.9. The van der Waals surface area contributed by atoms with Crippen LogP contribution in [-0.4, -0.2) is 46.5 Å². The lowest BCUT2D eigenvalue weighted by Gasteiger charge is -2.54. The number of aromatic hydroxyl groups is 1. The van der Waals surface area contributed by atoms with Gasteiger partial charge in [-0.05, 0) is 73.3 Å². The smallest absolute Gasteiger partial charge is 0.410 e. The maximum Gasteiger partial charge on any atom is 0.410 e. The number of fused-ring (bicyclic) bond motifs is 4. The highest BCUT2D eigenvalue weighted by Gasteiger charge is 2.53. The lowest BCUT2D eigenvalue weighted by Crippen LogP contribution is -2.57. The molecule has 0 unspecified atom stereocenters. The number of carbonyl (C=O) groups excluding carboxylic acids is 1. The minimum atomic E-state index is -0.505. The van der Waals surface area contributed by atoms with Crippen molar-refractivity contribution < 1.29 is 24.1 Å². The molecule has 5 atom stereocenters. The lowest BCUT2D eigenvalue weighted by atomic mass is 9.68. The Morgan fingerprint density at radius 1 is 1.33 bits per heavy atom. The Labute approximate surface area is 197 Å². The molecular formula is C27H39NO5. The molecule has 1 aromatic carbocycles. The third-order valence-electron chi connectivity index (χ3n) is 7.20. The van der Waals surface area contributed by atoms with E-state index in [9.17, 15) is 9.90 Å². The number of nitrogens with zero attached hydrogens (tertiary/aromatic N) is 1. The summed E-state index contributed by atoms with van der Waals surface area (Å²) in [4.78, 5) is 14.5. The molecular weight excluding hydrogens is 418 g/mol. The van der Waals surface area contributed by atoms with Gasteiger partial charge in [-0.3, -0.25) is 0 Å². The number of ether oxygens (including phenoxy) is 3. The Balaban J connectivity index is 1.59. The minimum absolute atomic E-state index is 0.0836. The number of para-hydroxylation sites is 1. The molecule has 1 amide bonds. The molecule has 182 valence electrons. The fraction of sp³-hybridized carbons (Fsp3) is 0.667. The van der Waals surface area contributed by atoms with Crippen LogP contribution in [0.15, 0.2) is 29.8 Å². The fourth-order valence-electron chi connectivity index (χ4n) is 5.57. The molecule has 6 nitrogen and oxygen atoms in total. The van der Waals surface area contributed by atoms with E-state index < -0.39 is 11.2 Å². The second-order valence-corrected chi connectivity index (χ2v) is 11.3. The van der Waals surface area contributed by atoms with Gasteiger partial charge in [0.15, 0.2) is 11.5 Å². The van der Waals surface area contributed by atoms with Crippen molar-refractivity contribution in [3.05, 3.63) is 35.4 Å². The topological polar surface area (TPSA) is 68.2 Å². The zero-order chi connectivity index (χ0) is 24.0. The highest BCUT2D eigenvalue weighted by molar-refractivity contribution is 5.68. The molecule has 2 fully saturated rings. The first-order chi connectivity index (χ1) is 15.5. The molecule has 0 spiro atoms. The van der Waals surface area contributed by atoms with E-state index in [-0.39, 0.29) is 35.9 Å². The van der Waals surface area contributed by atoms with Crippen molar-refractivity contribution in [2.24, 2.45) is 11.8 Å². The number of hydrogen-bond donors (Lipinski definition) is 1. The second kappa shape index (κ2) is 8.86. The molecule has 3 heterocycles. The summed E-state index contributed by atoms with van der Waals surface area (Å²) < 4.78 is 18.9. The first-order valence-electron chi connectivity index (χ1n) is 12.2. The van der Waals surface area contributed by atoms with Gasteiger partial charge in [0.1, 0.15) is 11.2 Å². The molecule has 0 radical (unpaired) electrons. The SMILES string of the molecule is CC(C)=CCC[C@@]1(C)Oc2c(O)cccc2[C@H]2O[C@H]3CCN(C(=O)OC(C)(C)C)C[C@@H]3C[C@@H]21. The van der Waals surface area contributed by atoms with E-state index in [2.05, 4.69) is 26.8 Å². The summed E-state index contributed by atoms with van der Waals surface area (Å²) >= 11 is 0. The molecule has 1 aromatic rings. The van der Waals surface area contributed by atoms with Crippen LogP contribution in [0.3, 0.4) is 0 Å². The number of hydrogen-bond acceptors (Lipinski definition) is 5. The highest BCUT2D eigenvalue weighted by Crippen LogP contribution is 2.56. The number of benzene rings is 1. The van der Waals surface area contributed by atoms with Gasteiger partial charge in [-0.2, -0.15) is 0 Å². The maximum absolute atomic E-state index is 12.7. The van der Waals surface area contributed by atoms with Gasteiger partial charge in [-0.1, -0.05) is 23.8 Å². The van der Waals surface area contributed by atoms with Crippen molar-refractivity contribution in [3.63, 3.8) is 0 Å². The first-order valence-corrected chi connectivity index (χ1v) is 12.2. The van der Waals surface area contributed by atoms with Crippen LogP contribution in [0.2, 0.25) is 0 Å². The quantitative estimate of drug-likeness (QED) is 0.565. The van der Waals surface area contributed by atoms with Gasteiger partial charge in [0, 0.05) is 30.5 Å². The van der Waals surface area contributed by atoms with Crippen molar-refractivity contribution in [3.8, 4) is 11.5 Å². The molecule has 1 N–H and O–H groups in total. The van der Waals surface area contributed by atoms with Gasteiger partial charge in [-0.15, -0.1) is 0 Å². The molecule has 0 saturated carbocycles. The van der Waals surface area contributed by atoms with E-state index >= 15 is 0 Å². The Kier molecular flexibility index (Phi) is 6.43. The van der Waals surface area contributed by atoms with Crippen molar-refractivity contribution in [2.45, 2.75) is 90.6 Å². The third-order valence-corrected chi connectivity index (χ3v) is 7.20. The van der Waals surface area contributed by atoms with Crippen molar-refractivity contribution in [1.82, 2.24) is 4.90 Å². The van der Waals surface area contributed by atoms with Crippen molar-refractivity contribution in [1.29, 1.82) is 0 Å². The Bertz CT molecular complexity index is 916. The van der Waals surface area contributed by atoms with Crippen LogP contribution in [0.1, 0.15) is 78.9 Å². The Hall–Kier alpha value is -2.21. The van der Waals surface area contributed by atoms with Crippen LogP contribution in [-0.2, 0) is 9.47 Å². The van der Waals surface area contributed by atoms with Gasteiger partial charge < -0.3 is 24.2 Å². The van der Waals surface area contributed by atoms with Crippen molar-refractivity contribution >= 4 is 6.09 Å². The van der Waals surface area contributed by atoms with Gasteiger partial charge >= 0.3 is 6.09 Å². The monoisotopic (exact) mass is 457 g/mol. The highest BCUT2D eigenvalue weighted by atomic mass is 16.6. The van der Waals surface area contributed by atoms with Gasteiger partial charge in [0.05, 0.1) is 12.2 Å². The van der Waals surface area contributed by atoms with E-state index in [4.69, 9.17) is 14.2 Å². The van der Waals surface area contributed by atoms with Crippen LogP contribution >= 0.6 is 0 Å². The summed E-state index contributed by atoms with van der Waals surface area (Å²) in [5.41, 5.74) is 1.25. The average molecular weight is 458 g/mol. The maximum atomic E-state index is 12.7. The molecule has 6 heteroatoms. The summed E-state index contributed by atoms with van der Waals surface area (Å²) in [6.45, 7) is 13.3. The van der Waals surface area contributed by atoms with Crippen LogP contribution < -0.4 is 4.74 Å². The molecule has 33 heavy (non-hydrogen) atoms. The molecule has 0 aliphatic carbocycles. The van der Waals surface area contributed by atoms with E-state index in [1.807, 2.05) is 37.8 Å². The van der Waals surface area contributed by atoms with Crippen LogP contribution in [0.25, 0.3) is 0 Å². The molecule has 0 bridgehead atoms. The summed E-state index contributed by atoms with van der Waals surface area (Å²) in [5, 5.41) is 10.6. The molecule has 4 rings (SSSR count). The van der Waals surface area contributed by atoms with Gasteiger partial charge in [0.2, 0.25) is 0 Å². The number of phenolic OH excluding ortho intramolecular Hbond substituents is 1. The van der Waals surface area contributed by atoms with Crippen molar-refractivity contribution in [2.75, 3.05) is 13.1 Å². The molecule has 3 aliphatic heterocycles. The number of allylic oxidation sites excluding steroid dienone is 2. The average Bonchev–Trinajstić information content (AvgIpc) is 2.72. The molecule has 2 saturated heterocycles. The van der Waals surface area contributed by atoms with Crippen LogP contribution in [0.4, 0.5) is 4.79 Å². The zero-order valence-corrected chi connectivity index (χ0v) is 20.9. The predicted molar refractivity (Wildman–Crippen MR) is 127 cm³/mol. The van der Waals surface area contributed by atoms with Crippen LogP contribution in [0.5, 0.6) is 11.5 Å². The van der Waals surface area contributed by atoms with Crippen LogP contribution in [0, 0.1) is 11.8 Å². The standard InChI is InChI=1S/C27H39NO5/c1-17(2)9-8-13-27(6)20-15-18-16-28(25(30)33-26(3,4)5)14-12-22(18)31-23(20)19-10-7-11-21(29)24(19)32-27/h7,9-11,18,20,22-23,29H,8,12-16H2,1-6H3/t18-,20-,22-,23+,27+/m0/s1. The number of rotatable bonds is 3. The van der Waals surface area contributed by atoms with E-state index in [1.54, 1.807) is 6.07 Å². The largest absolute Gasteiger partial charge is 0.504 e. The Morgan fingerprint density at radius 3 is 2.79 bits per heavy atom. The fourth-order valence-corrected chi connectivity index (χ4v) is 5.57. The van der Waals surface area contributed by atoms with Gasteiger partial charge in [0.25, 0.3) is 0 Å². The number of carbonyl (C=O) groups is 1. The number of likely N-dealkylation sites (tertiary alicyclic amines) is 1. The van der Waals surface area contributed by atoms with E-state index in [0.717, 1.165) is 31.2 Å². The summed E-state index contributed by atoms with van der Waals surface area (Å²) in [6.07, 6.45) is 5.40. The Morgan fingerprint density at radius 2 is 2.09 bits per heavy atom. The summed E-state index contributed by atoms with van der Waals surface area (Å²) in [6, 6.07) is 5.56. The number of amides is 1. The van der Waals surface area contributed by atoms with Gasteiger partial charge in [-0.25, -0.2) is 4.79 Å². The minimum Gasteiger partial charge on any atom is -0.504 e. The number of phenols is 1. The summed E-state index contributed by atoms with van der Waals surface area (Å²) in [5.74, 6) is 1.10. The number of piperidine rings is 1. The molecule has 0 aromatic heterocycles. The molecule has 3 aliphatic rings. The second-order valence-electron chi connectivity index (χ2n) is 11.3.